The normalized spacial score (nSPS) is 11.3. The van der Waals surface area contributed by atoms with Gasteiger partial charge in [-0.05, 0) is 51.0 Å². The summed E-state index contributed by atoms with van der Waals surface area (Å²) in [6.07, 6.45) is 0.400. The van der Waals surface area contributed by atoms with Crippen LogP contribution >= 0.6 is 0 Å². The summed E-state index contributed by atoms with van der Waals surface area (Å²) in [7, 11) is 0. The molecule has 2 N–H and O–H groups in total. The van der Waals surface area contributed by atoms with Crippen LogP contribution in [0.3, 0.4) is 0 Å². The molecule has 1 atom stereocenters. The van der Waals surface area contributed by atoms with Crippen molar-refractivity contribution in [2.75, 3.05) is 18.5 Å². The number of para-hydroxylation sites is 1. The van der Waals surface area contributed by atoms with Crippen molar-refractivity contribution in [3.63, 3.8) is 0 Å². The van der Waals surface area contributed by atoms with Gasteiger partial charge in [-0.15, -0.1) is 0 Å². The quantitative estimate of drug-likeness (QED) is 0.660. The van der Waals surface area contributed by atoms with E-state index in [-0.39, 0.29) is 23.9 Å². The second-order valence-corrected chi connectivity index (χ2v) is 6.37. The average Bonchev–Trinajstić information content (AvgIpc) is 2.69. The van der Waals surface area contributed by atoms with Crippen LogP contribution in [0.5, 0.6) is 5.88 Å². The van der Waals surface area contributed by atoms with Crippen LogP contribution in [0.15, 0.2) is 36.5 Å². The highest BCUT2D eigenvalue weighted by Gasteiger charge is 2.22. The lowest BCUT2D eigenvalue weighted by Crippen LogP contribution is -2.40. The van der Waals surface area contributed by atoms with Crippen molar-refractivity contribution < 1.29 is 23.9 Å². The molecular formula is C21H25N3O5. The molecule has 8 nitrogen and oxygen atoms in total. The Morgan fingerprint density at radius 2 is 1.79 bits per heavy atom. The van der Waals surface area contributed by atoms with E-state index in [0.29, 0.717) is 12.3 Å². The first-order chi connectivity index (χ1) is 13.8. The minimum absolute atomic E-state index is 0.127. The molecule has 0 fully saturated rings. The number of aromatic nitrogens is 1. The zero-order valence-corrected chi connectivity index (χ0v) is 16.9. The lowest BCUT2D eigenvalue weighted by molar-refractivity contribution is -0.130. The molecule has 0 radical (unpaired) electrons. The molecule has 29 heavy (non-hydrogen) atoms. The maximum absolute atomic E-state index is 12.3. The van der Waals surface area contributed by atoms with Gasteiger partial charge in [0.15, 0.2) is 6.10 Å². The standard InChI is InChI=1S/C21H25N3O5/c1-5-28-20-16(10-7-11-22-20)21(27)29-15(4)19(26)23-12-17(25)24-18-13(2)8-6-9-14(18)3/h6-11,15H,5,12H2,1-4H3,(H,23,26)(H,24,25). The van der Waals surface area contributed by atoms with Crippen LogP contribution < -0.4 is 15.4 Å². The Labute approximate surface area is 169 Å². The molecule has 154 valence electrons. The fourth-order valence-electron chi connectivity index (χ4n) is 2.58. The van der Waals surface area contributed by atoms with E-state index in [9.17, 15) is 14.4 Å². The molecule has 2 amide bonds. The Bertz CT molecular complexity index is 877. The van der Waals surface area contributed by atoms with Gasteiger partial charge < -0.3 is 20.1 Å². The molecule has 1 aromatic heterocycles. The van der Waals surface area contributed by atoms with Crippen LogP contribution in [0.2, 0.25) is 0 Å². The van der Waals surface area contributed by atoms with Crippen LogP contribution in [0, 0.1) is 13.8 Å². The van der Waals surface area contributed by atoms with Gasteiger partial charge in [0.2, 0.25) is 11.8 Å². The van der Waals surface area contributed by atoms with Gasteiger partial charge in [-0.2, -0.15) is 0 Å². The molecule has 0 aliphatic rings. The van der Waals surface area contributed by atoms with Gasteiger partial charge in [-0.25, -0.2) is 9.78 Å². The van der Waals surface area contributed by atoms with Gasteiger partial charge in [-0.3, -0.25) is 9.59 Å². The van der Waals surface area contributed by atoms with E-state index in [2.05, 4.69) is 15.6 Å². The van der Waals surface area contributed by atoms with Gasteiger partial charge in [0.1, 0.15) is 5.56 Å². The number of nitrogens with one attached hydrogen (secondary N) is 2. The minimum atomic E-state index is -1.09. The molecule has 1 aromatic carbocycles. The Morgan fingerprint density at radius 1 is 1.10 bits per heavy atom. The Hall–Kier alpha value is -3.42. The molecule has 2 aromatic rings. The number of hydrogen-bond donors (Lipinski definition) is 2. The monoisotopic (exact) mass is 399 g/mol. The Morgan fingerprint density at radius 3 is 2.45 bits per heavy atom. The summed E-state index contributed by atoms with van der Waals surface area (Å²) in [5.74, 6) is -1.55. The number of nitrogens with zero attached hydrogens (tertiary/aromatic N) is 1. The fourth-order valence-corrected chi connectivity index (χ4v) is 2.58. The zero-order chi connectivity index (χ0) is 21.4. The molecule has 0 aliphatic heterocycles. The number of carbonyl (C=O) groups is 3. The van der Waals surface area contributed by atoms with Crippen molar-refractivity contribution in [1.29, 1.82) is 0 Å². The lowest BCUT2D eigenvalue weighted by atomic mass is 10.1. The Balaban J connectivity index is 1.89. The molecule has 0 spiro atoms. The molecule has 0 bridgehead atoms. The van der Waals surface area contributed by atoms with Crippen molar-refractivity contribution in [2.24, 2.45) is 0 Å². The number of benzene rings is 1. The van der Waals surface area contributed by atoms with Crippen LogP contribution in [-0.4, -0.2) is 42.0 Å². The average molecular weight is 399 g/mol. The van der Waals surface area contributed by atoms with E-state index in [0.717, 1.165) is 11.1 Å². The van der Waals surface area contributed by atoms with Gasteiger partial charge in [0.05, 0.1) is 13.2 Å². The Kier molecular flexibility index (Phi) is 7.70. The van der Waals surface area contributed by atoms with Crippen LogP contribution in [0.25, 0.3) is 0 Å². The van der Waals surface area contributed by atoms with E-state index >= 15 is 0 Å². The molecule has 2 rings (SSSR count). The molecule has 0 aliphatic carbocycles. The van der Waals surface area contributed by atoms with Crippen LogP contribution in [0.4, 0.5) is 5.69 Å². The summed E-state index contributed by atoms with van der Waals surface area (Å²) in [6.45, 7) is 7.06. The highest BCUT2D eigenvalue weighted by molar-refractivity contribution is 5.97. The maximum Gasteiger partial charge on any atom is 0.344 e. The summed E-state index contributed by atoms with van der Waals surface area (Å²) in [4.78, 5) is 40.6. The highest BCUT2D eigenvalue weighted by atomic mass is 16.5. The number of anilines is 1. The van der Waals surface area contributed by atoms with Crippen molar-refractivity contribution in [1.82, 2.24) is 10.3 Å². The molecule has 1 unspecified atom stereocenters. The van der Waals surface area contributed by atoms with Crippen LogP contribution in [-0.2, 0) is 14.3 Å². The number of esters is 1. The smallest absolute Gasteiger partial charge is 0.344 e. The SMILES string of the molecule is CCOc1ncccc1C(=O)OC(C)C(=O)NCC(=O)Nc1c(C)cccc1C. The third-order valence-electron chi connectivity index (χ3n) is 4.09. The summed E-state index contributed by atoms with van der Waals surface area (Å²) in [5, 5.41) is 5.24. The van der Waals surface area contributed by atoms with Crippen LogP contribution in [0.1, 0.15) is 35.3 Å². The number of aryl methyl sites for hydroxylation is 2. The largest absolute Gasteiger partial charge is 0.477 e. The van der Waals surface area contributed by atoms with Gasteiger partial charge in [0, 0.05) is 11.9 Å². The zero-order valence-electron chi connectivity index (χ0n) is 16.9. The predicted molar refractivity (Wildman–Crippen MR) is 108 cm³/mol. The summed E-state index contributed by atoms with van der Waals surface area (Å²) in [5.41, 5.74) is 2.69. The molecule has 0 saturated carbocycles. The number of carbonyl (C=O) groups excluding carboxylic acids is 3. The highest BCUT2D eigenvalue weighted by Crippen LogP contribution is 2.19. The number of amides is 2. The van der Waals surface area contributed by atoms with Crippen molar-refractivity contribution in [3.05, 3.63) is 53.2 Å². The molecular weight excluding hydrogens is 374 g/mol. The topological polar surface area (TPSA) is 107 Å². The third-order valence-corrected chi connectivity index (χ3v) is 4.09. The summed E-state index contributed by atoms with van der Waals surface area (Å²) < 4.78 is 10.5. The first-order valence-corrected chi connectivity index (χ1v) is 9.26. The molecule has 0 saturated heterocycles. The second-order valence-electron chi connectivity index (χ2n) is 6.37. The van der Waals surface area contributed by atoms with Crippen molar-refractivity contribution >= 4 is 23.5 Å². The lowest BCUT2D eigenvalue weighted by Gasteiger charge is -2.15. The minimum Gasteiger partial charge on any atom is -0.477 e. The number of hydrogen-bond acceptors (Lipinski definition) is 6. The maximum atomic E-state index is 12.3. The van der Waals surface area contributed by atoms with Gasteiger partial charge >= 0.3 is 5.97 Å². The van der Waals surface area contributed by atoms with E-state index in [1.54, 1.807) is 13.0 Å². The second kappa shape index (κ2) is 10.2. The van der Waals surface area contributed by atoms with Crippen molar-refractivity contribution in [2.45, 2.75) is 33.8 Å². The van der Waals surface area contributed by atoms with Gasteiger partial charge in [-0.1, -0.05) is 18.2 Å². The van der Waals surface area contributed by atoms with Crippen molar-refractivity contribution in [3.8, 4) is 5.88 Å². The van der Waals surface area contributed by atoms with Gasteiger partial charge in [0.25, 0.3) is 5.91 Å². The summed E-state index contributed by atoms with van der Waals surface area (Å²) in [6, 6.07) is 8.75. The third kappa shape index (κ3) is 6.03. The first-order valence-electron chi connectivity index (χ1n) is 9.26. The number of ether oxygens (including phenoxy) is 2. The first kappa shape index (κ1) is 21.9. The molecule has 1 heterocycles. The van der Waals surface area contributed by atoms with E-state index < -0.39 is 18.0 Å². The predicted octanol–water partition coefficient (Wildman–Crippen LogP) is 2.40. The number of pyridine rings is 1. The van der Waals surface area contributed by atoms with E-state index in [1.807, 2.05) is 32.0 Å². The van der Waals surface area contributed by atoms with E-state index in [4.69, 9.17) is 9.47 Å². The molecule has 8 heteroatoms. The fraction of sp³-hybridized carbons (Fsp3) is 0.333. The summed E-state index contributed by atoms with van der Waals surface area (Å²) >= 11 is 0. The number of rotatable bonds is 8. The van der Waals surface area contributed by atoms with E-state index in [1.165, 1.54) is 19.2 Å².